The van der Waals surface area contributed by atoms with E-state index in [-0.39, 0.29) is 16.7 Å². The summed E-state index contributed by atoms with van der Waals surface area (Å²) in [6.45, 7) is 1.24. The molecule has 0 aliphatic carbocycles. The standard InChI is InChI=1S/C11H7F3O2/c1-6(15)10-5-7-8(11(12,13)14)3-2-4-9(7)16-10/h2-5H,1H3. The Morgan fingerprint density at radius 2 is 2.00 bits per heavy atom. The van der Waals surface area contributed by atoms with Crippen LogP contribution in [0.15, 0.2) is 28.7 Å². The second kappa shape index (κ2) is 3.37. The van der Waals surface area contributed by atoms with Crippen LogP contribution in [0.3, 0.4) is 0 Å². The normalized spacial score (nSPS) is 12.0. The summed E-state index contributed by atoms with van der Waals surface area (Å²) in [5.74, 6) is -0.462. The third kappa shape index (κ3) is 1.68. The quantitative estimate of drug-likeness (QED) is 0.697. The maximum Gasteiger partial charge on any atom is 0.417 e. The van der Waals surface area contributed by atoms with E-state index in [4.69, 9.17) is 4.42 Å². The number of ketones is 1. The molecule has 0 saturated carbocycles. The summed E-state index contributed by atoms with van der Waals surface area (Å²) in [5, 5.41) is -0.0831. The molecule has 1 heterocycles. The molecule has 0 aliphatic heterocycles. The van der Waals surface area contributed by atoms with Crippen LogP contribution in [-0.4, -0.2) is 5.78 Å². The van der Waals surface area contributed by atoms with Crippen LogP contribution in [0.25, 0.3) is 11.0 Å². The van der Waals surface area contributed by atoms with E-state index in [1.165, 1.54) is 19.1 Å². The van der Waals surface area contributed by atoms with Crippen molar-refractivity contribution in [3.63, 3.8) is 0 Å². The van der Waals surface area contributed by atoms with Crippen molar-refractivity contribution in [2.75, 3.05) is 0 Å². The Hall–Kier alpha value is -1.78. The number of alkyl halides is 3. The van der Waals surface area contributed by atoms with Crippen LogP contribution in [0.2, 0.25) is 0 Å². The summed E-state index contributed by atoms with van der Waals surface area (Å²) in [6.07, 6.45) is -4.45. The van der Waals surface area contributed by atoms with Gasteiger partial charge in [0.2, 0.25) is 0 Å². The predicted octanol–water partition coefficient (Wildman–Crippen LogP) is 3.65. The second-order valence-electron chi connectivity index (χ2n) is 3.38. The van der Waals surface area contributed by atoms with Crippen molar-refractivity contribution < 1.29 is 22.4 Å². The Balaban J connectivity index is 2.73. The van der Waals surface area contributed by atoms with Gasteiger partial charge >= 0.3 is 6.18 Å². The predicted molar refractivity (Wildman–Crippen MR) is 51.2 cm³/mol. The lowest BCUT2D eigenvalue weighted by molar-refractivity contribution is -0.136. The first kappa shape index (κ1) is 10.7. The van der Waals surface area contributed by atoms with Gasteiger partial charge in [-0.15, -0.1) is 0 Å². The number of carbonyl (C=O) groups excluding carboxylic acids is 1. The van der Waals surface area contributed by atoms with Crippen LogP contribution in [0.5, 0.6) is 0 Å². The molecule has 0 spiro atoms. The van der Waals surface area contributed by atoms with Gasteiger partial charge in [-0.25, -0.2) is 0 Å². The molecule has 0 unspecified atom stereocenters. The first-order valence-corrected chi connectivity index (χ1v) is 4.50. The monoisotopic (exact) mass is 228 g/mol. The van der Waals surface area contributed by atoms with Crippen molar-refractivity contribution in [1.29, 1.82) is 0 Å². The maximum absolute atomic E-state index is 12.6. The fraction of sp³-hybridized carbons (Fsp3) is 0.182. The van der Waals surface area contributed by atoms with E-state index < -0.39 is 17.5 Å². The van der Waals surface area contributed by atoms with Crippen molar-refractivity contribution in [2.45, 2.75) is 13.1 Å². The molecule has 0 radical (unpaired) electrons. The molecule has 84 valence electrons. The summed E-state index contributed by atoms with van der Waals surface area (Å²) >= 11 is 0. The van der Waals surface area contributed by atoms with Gasteiger partial charge in [-0.2, -0.15) is 13.2 Å². The average Bonchev–Trinajstić information content (AvgIpc) is 2.58. The van der Waals surface area contributed by atoms with Crippen LogP contribution in [-0.2, 0) is 6.18 Å². The van der Waals surface area contributed by atoms with Crippen molar-refractivity contribution in [3.8, 4) is 0 Å². The van der Waals surface area contributed by atoms with E-state index in [0.29, 0.717) is 0 Å². The molecule has 5 heteroatoms. The third-order valence-corrected chi connectivity index (χ3v) is 2.21. The van der Waals surface area contributed by atoms with E-state index in [1.807, 2.05) is 0 Å². The lowest BCUT2D eigenvalue weighted by Crippen LogP contribution is -2.04. The minimum atomic E-state index is -4.45. The van der Waals surface area contributed by atoms with Gasteiger partial charge in [-0.1, -0.05) is 6.07 Å². The highest BCUT2D eigenvalue weighted by Gasteiger charge is 2.33. The maximum atomic E-state index is 12.6. The van der Waals surface area contributed by atoms with Gasteiger partial charge < -0.3 is 4.42 Å². The number of halogens is 3. The van der Waals surface area contributed by atoms with Gasteiger partial charge in [0.05, 0.1) is 5.56 Å². The van der Waals surface area contributed by atoms with Crippen molar-refractivity contribution in [1.82, 2.24) is 0 Å². The van der Waals surface area contributed by atoms with Crippen LogP contribution in [0, 0.1) is 0 Å². The molecule has 0 aliphatic rings. The number of fused-ring (bicyclic) bond motifs is 1. The molecule has 0 fully saturated rings. The summed E-state index contributed by atoms with van der Waals surface area (Å²) in [5.41, 5.74) is -0.721. The van der Waals surface area contributed by atoms with E-state index >= 15 is 0 Å². The number of rotatable bonds is 1. The zero-order valence-corrected chi connectivity index (χ0v) is 8.26. The zero-order valence-electron chi connectivity index (χ0n) is 8.26. The first-order chi connectivity index (χ1) is 7.39. The number of hydrogen-bond acceptors (Lipinski definition) is 2. The number of carbonyl (C=O) groups is 1. The molecule has 2 nitrogen and oxygen atoms in total. The molecular formula is C11H7F3O2. The van der Waals surface area contributed by atoms with Crippen LogP contribution >= 0.6 is 0 Å². The van der Waals surface area contributed by atoms with Gasteiger partial charge in [0.25, 0.3) is 0 Å². The third-order valence-electron chi connectivity index (χ3n) is 2.21. The van der Waals surface area contributed by atoms with E-state index in [1.54, 1.807) is 0 Å². The summed E-state index contributed by atoms with van der Waals surface area (Å²) in [7, 11) is 0. The van der Waals surface area contributed by atoms with Gasteiger partial charge in [-0.3, -0.25) is 4.79 Å². The molecular weight excluding hydrogens is 221 g/mol. The Morgan fingerprint density at radius 1 is 1.31 bits per heavy atom. The van der Waals surface area contributed by atoms with E-state index in [0.717, 1.165) is 12.1 Å². The fourth-order valence-corrected chi connectivity index (χ4v) is 1.48. The van der Waals surface area contributed by atoms with E-state index in [9.17, 15) is 18.0 Å². The number of hydrogen-bond donors (Lipinski definition) is 0. The van der Waals surface area contributed by atoms with Gasteiger partial charge in [0.15, 0.2) is 11.5 Å². The van der Waals surface area contributed by atoms with E-state index in [2.05, 4.69) is 0 Å². The van der Waals surface area contributed by atoms with Gasteiger partial charge in [-0.05, 0) is 18.2 Å². The molecule has 0 saturated heterocycles. The molecule has 0 atom stereocenters. The SMILES string of the molecule is CC(=O)c1cc2c(C(F)(F)F)cccc2o1. The largest absolute Gasteiger partial charge is 0.453 e. The highest BCUT2D eigenvalue weighted by atomic mass is 19.4. The number of furan rings is 1. The van der Waals surface area contributed by atoms with Crippen LogP contribution in [0.4, 0.5) is 13.2 Å². The molecule has 1 aromatic carbocycles. The van der Waals surface area contributed by atoms with Crippen molar-refractivity contribution in [2.24, 2.45) is 0 Å². The molecule has 16 heavy (non-hydrogen) atoms. The Morgan fingerprint density at radius 3 is 2.56 bits per heavy atom. The highest BCUT2D eigenvalue weighted by Crippen LogP contribution is 2.35. The summed E-state index contributed by atoms with van der Waals surface area (Å²) in [6, 6.07) is 4.73. The number of Topliss-reactive ketones (excluding diaryl/α,β-unsaturated/α-hetero) is 1. The van der Waals surface area contributed by atoms with Crippen molar-refractivity contribution in [3.05, 3.63) is 35.6 Å². The number of benzene rings is 1. The minimum absolute atomic E-state index is 0.0632. The van der Waals surface area contributed by atoms with Gasteiger partial charge in [0.1, 0.15) is 5.58 Å². The molecule has 0 bridgehead atoms. The van der Waals surface area contributed by atoms with Gasteiger partial charge in [0, 0.05) is 12.3 Å². The molecule has 0 amide bonds. The lowest BCUT2D eigenvalue weighted by atomic mass is 10.1. The molecule has 0 N–H and O–H groups in total. The zero-order chi connectivity index (χ0) is 11.9. The molecule has 2 rings (SSSR count). The Kier molecular flexibility index (Phi) is 2.26. The summed E-state index contributed by atoms with van der Waals surface area (Å²) in [4.78, 5) is 11.0. The van der Waals surface area contributed by atoms with Crippen molar-refractivity contribution >= 4 is 16.8 Å². The van der Waals surface area contributed by atoms with Crippen LogP contribution < -0.4 is 0 Å². The minimum Gasteiger partial charge on any atom is -0.453 e. The lowest BCUT2D eigenvalue weighted by Gasteiger charge is -2.06. The highest BCUT2D eigenvalue weighted by molar-refractivity contribution is 5.96. The first-order valence-electron chi connectivity index (χ1n) is 4.50. The topological polar surface area (TPSA) is 30.2 Å². The van der Waals surface area contributed by atoms with Crippen LogP contribution in [0.1, 0.15) is 23.0 Å². The fourth-order valence-electron chi connectivity index (χ4n) is 1.48. The molecule has 1 aromatic heterocycles. The smallest absolute Gasteiger partial charge is 0.417 e. The average molecular weight is 228 g/mol. The Bertz CT molecular complexity index is 552. The second-order valence-corrected chi connectivity index (χ2v) is 3.38. The summed E-state index contributed by atoms with van der Waals surface area (Å²) < 4.78 is 42.8. The molecule has 2 aromatic rings. The Labute approximate surface area is 88.7 Å².